The highest BCUT2D eigenvalue weighted by atomic mass is 32.2. The Morgan fingerprint density at radius 1 is 1.28 bits per heavy atom. The van der Waals surface area contributed by atoms with E-state index in [9.17, 15) is 13.2 Å². The minimum atomic E-state index is -3.82. The van der Waals surface area contributed by atoms with Crippen LogP contribution in [0.1, 0.15) is 35.3 Å². The molecule has 0 aliphatic carbocycles. The molecule has 0 amide bonds. The van der Waals surface area contributed by atoms with Crippen molar-refractivity contribution in [2.75, 3.05) is 4.72 Å². The molecule has 0 atom stereocenters. The zero-order valence-electron chi connectivity index (χ0n) is 14.2. The van der Waals surface area contributed by atoms with Crippen molar-refractivity contribution in [1.29, 1.82) is 5.26 Å². The number of nitrogens with one attached hydrogen (secondary N) is 1. The zero-order valence-corrected chi connectivity index (χ0v) is 15.8. The Balaban J connectivity index is 2.46. The van der Waals surface area contributed by atoms with E-state index in [1.807, 2.05) is 18.4 Å². The van der Waals surface area contributed by atoms with Gasteiger partial charge in [0.15, 0.2) is 5.78 Å². The van der Waals surface area contributed by atoms with E-state index >= 15 is 0 Å². The zero-order chi connectivity index (χ0) is 18.6. The average molecular weight is 374 g/mol. The monoisotopic (exact) mass is 374 g/mol. The van der Waals surface area contributed by atoms with E-state index in [0.717, 1.165) is 27.8 Å². The van der Waals surface area contributed by atoms with Crippen molar-refractivity contribution in [3.05, 3.63) is 53.1 Å². The number of rotatable bonds is 6. The van der Waals surface area contributed by atoms with Gasteiger partial charge in [-0.15, -0.1) is 0 Å². The maximum Gasteiger partial charge on any atom is 0.261 e. The summed E-state index contributed by atoms with van der Waals surface area (Å²) in [6.07, 6.45) is 0.617. The Hall–Kier alpha value is -2.30. The Kier molecular flexibility index (Phi) is 5.88. The number of thiocyanates is 1. The molecule has 0 unspecified atom stereocenters. The molecule has 5 nitrogen and oxygen atoms in total. The minimum absolute atomic E-state index is 0.0390. The van der Waals surface area contributed by atoms with E-state index in [1.165, 1.54) is 19.1 Å². The van der Waals surface area contributed by atoms with E-state index in [2.05, 4.69) is 4.72 Å². The molecule has 0 radical (unpaired) electrons. The fourth-order valence-corrected chi connectivity index (χ4v) is 4.20. The van der Waals surface area contributed by atoms with Crippen LogP contribution in [0.2, 0.25) is 0 Å². The molecular weight excluding hydrogens is 356 g/mol. The lowest BCUT2D eigenvalue weighted by atomic mass is 10.1. The van der Waals surface area contributed by atoms with Crippen LogP contribution in [0.25, 0.3) is 0 Å². The maximum absolute atomic E-state index is 12.7. The van der Waals surface area contributed by atoms with Gasteiger partial charge in [0.1, 0.15) is 5.40 Å². The largest absolute Gasteiger partial charge is 0.295 e. The highest BCUT2D eigenvalue weighted by Gasteiger charge is 2.19. The van der Waals surface area contributed by atoms with E-state index in [4.69, 9.17) is 5.26 Å². The molecule has 1 N–H and O–H groups in total. The van der Waals surface area contributed by atoms with Gasteiger partial charge in [0.05, 0.1) is 10.6 Å². The third-order valence-corrected chi connectivity index (χ3v) is 5.63. The SMILES string of the molecule is CCc1cc(SC#N)cc(C)c1NS(=O)(=O)c1cccc(C(C)=O)c1. The molecule has 130 valence electrons. The molecule has 2 aromatic rings. The molecule has 0 aromatic heterocycles. The van der Waals surface area contributed by atoms with Crippen LogP contribution in [-0.2, 0) is 16.4 Å². The summed E-state index contributed by atoms with van der Waals surface area (Å²) in [7, 11) is -3.82. The fraction of sp³-hybridized carbons (Fsp3) is 0.222. The summed E-state index contributed by atoms with van der Waals surface area (Å²) in [5.74, 6) is -0.194. The molecule has 0 bridgehead atoms. The quantitative estimate of drug-likeness (QED) is 0.466. The second-order valence-electron chi connectivity index (χ2n) is 5.51. The molecule has 25 heavy (non-hydrogen) atoms. The predicted octanol–water partition coefficient (Wildman–Crippen LogP) is 4.13. The van der Waals surface area contributed by atoms with Crippen molar-refractivity contribution in [1.82, 2.24) is 0 Å². The van der Waals surface area contributed by atoms with Crippen LogP contribution in [0.3, 0.4) is 0 Å². The number of nitriles is 1. The first-order valence-corrected chi connectivity index (χ1v) is 9.91. The van der Waals surface area contributed by atoms with Crippen LogP contribution in [0.15, 0.2) is 46.2 Å². The van der Waals surface area contributed by atoms with Crippen LogP contribution in [0.4, 0.5) is 5.69 Å². The topological polar surface area (TPSA) is 87.0 Å². The van der Waals surface area contributed by atoms with Gasteiger partial charge < -0.3 is 0 Å². The van der Waals surface area contributed by atoms with Crippen LogP contribution >= 0.6 is 11.8 Å². The summed E-state index contributed by atoms with van der Waals surface area (Å²) in [5, 5.41) is 10.8. The smallest absolute Gasteiger partial charge is 0.261 e. The number of sulfonamides is 1. The summed E-state index contributed by atoms with van der Waals surface area (Å²) >= 11 is 1.04. The number of hydrogen-bond donors (Lipinski definition) is 1. The first kappa shape index (κ1) is 19.0. The summed E-state index contributed by atoms with van der Waals surface area (Å²) < 4.78 is 28.1. The second kappa shape index (κ2) is 7.72. The van der Waals surface area contributed by atoms with Gasteiger partial charge in [0, 0.05) is 10.5 Å². The molecule has 0 saturated heterocycles. The molecule has 0 fully saturated rings. The fourth-order valence-electron chi connectivity index (χ4n) is 2.44. The Morgan fingerprint density at radius 2 is 2.00 bits per heavy atom. The second-order valence-corrected chi connectivity index (χ2v) is 8.05. The van der Waals surface area contributed by atoms with Crippen LogP contribution in [0.5, 0.6) is 0 Å². The number of carbonyl (C=O) groups excluding carboxylic acids is 1. The molecule has 0 aliphatic rings. The lowest BCUT2D eigenvalue weighted by Crippen LogP contribution is -2.15. The van der Waals surface area contributed by atoms with Gasteiger partial charge >= 0.3 is 0 Å². The number of Topliss-reactive ketones (excluding diaryl/α,β-unsaturated/α-hetero) is 1. The summed E-state index contributed by atoms with van der Waals surface area (Å²) in [6.45, 7) is 5.11. The van der Waals surface area contributed by atoms with Crippen LogP contribution in [-0.4, -0.2) is 14.2 Å². The van der Waals surface area contributed by atoms with Gasteiger partial charge in [0.2, 0.25) is 0 Å². The molecule has 0 aliphatic heterocycles. The number of aryl methyl sites for hydroxylation is 2. The van der Waals surface area contributed by atoms with Gasteiger partial charge in [-0.05, 0) is 67.4 Å². The van der Waals surface area contributed by atoms with E-state index < -0.39 is 10.0 Å². The van der Waals surface area contributed by atoms with Gasteiger partial charge in [-0.2, -0.15) is 5.26 Å². The first-order valence-electron chi connectivity index (χ1n) is 7.61. The highest BCUT2D eigenvalue weighted by molar-refractivity contribution is 8.03. The number of thioether (sulfide) groups is 1. The molecule has 2 aromatic carbocycles. The van der Waals surface area contributed by atoms with Gasteiger partial charge in [-0.3, -0.25) is 9.52 Å². The van der Waals surface area contributed by atoms with Crippen molar-refractivity contribution in [3.63, 3.8) is 0 Å². The molecule has 0 heterocycles. The van der Waals surface area contributed by atoms with Crippen molar-refractivity contribution in [2.45, 2.75) is 37.0 Å². The third-order valence-electron chi connectivity index (χ3n) is 3.72. The van der Waals surface area contributed by atoms with Gasteiger partial charge in [0.25, 0.3) is 10.0 Å². The molecule has 0 spiro atoms. The normalized spacial score (nSPS) is 11.0. The first-order chi connectivity index (χ1) is 11.8. The van der Waals surface area contributed by atoms with Crippen LogP contribution in [0, 0.1) is 17.6 Å². The minimum Gasteiger partial charge on any atom is -0.295 e. The predicted molar refractivity (Wildman–Crippen MR) is 99.3 cm³/mol. The Labute approximate surface area is 152 Å². The average Bonchev–Trinajstić information content (AvgIpc) is 2.57. The van der Waals surface area contributed by atoms with E-state index in [-0.39, 0.29) is 10.7 Å². The molecule has 2 rings (SSSR count). The number of anilines is 1. The van der Waals surface area contributed by atoms with Crippen LogP contribution < -0.4 is 4.72 Å². The van der Waals surface area contributed by atoms with Gasteiger partial charge in [-0.25, -0.2) is 8.42 Å². The van der Waals surface area contributed by atoms with Crippen molar-refractivity contribution in [2.24, 2.45) is 0 Å². The molecule has 0 saturated carbocycles. The maximum atomic E-state index is 12.7. The van der Waals surface area contributed by atoms with Crippen molar-refractivity contribution >= 4 is 33.3 Å². The van der Waals surface area contributed by atoms with E-state index in [0.29, 0.717) is 17.7 Å². The standard InChI is InChI=1S/C18H18N2O3S2/c1-4-14-9-16(24-11-19)8-12(2)18(14)20-25(22,23)17-7-5-6-15(10-17)13(3)21/h5-10,20H,4H2,1-3H3. The third kappa shape index (κ3) is 4.41. The number of ketones is 1. The lowest BCUT2D eigenvalue weighted by molar-refractivity contribution is 0.101. The number of benzene rings is 2. The van der Waals surface area contributed by atoms with E-state index in [1.54, 1.807) is 25.1 Å². The number of hydrogen-bond acceptors (Lipinski definition) is 5. The Bertz CT molecular complexity index is 961. The highest BCUT2D eigenvalue weighted by Crippen LogP contribution is 2.30. The summed E-state index contributed by atoms with van der Waals surface area (Å²) in [4.78, 5) is 12.3. The summed E-state index contributed by atoms with van der Waals surface area (Å²) in [5.41, 5.74) is 2.40. The van der Waals surface area contributed by atoms with Crippen molar-refractivity contribution in [3.8, 4) is 5.40 Å². The summed E-state index contributed by atoms with van der Waals surface area (Å²) in [6, 6.07) is 9.53. The lowest BCUT2D eigenvalue weighted by Gasteiger charge is -2.16. The Morgan fingerprint density at radius 3 is 2.60 bits per heavy atom. The molecular formula is C18H18N2O3S2. The number of carbonyl (C=O) groups is 1. The van der Waals surface area contributed by atoms with Crippen molar-refractivity contribution < 1.29 is 13.2 Å². The van der Waals surface area contributed by atoms with Gasteiger partial charge in [-0.1, -0.05) is 19.1 Å². The molecule has 7 heteroatoms. The number of nitrogens with zero attached hydrogens (tertiary/aromatic N) is 1.